The van der Waals surface area contributed by atoms with E-state index in [9.17, 15) is 4.79 Å². The van der Waals surface area contributed by atoms with Crippen molar-refractivity contribution in [1.29, 1.82) is 0 Å². The lowest BCUT2D eigenvalue weighted by molar-refractivity contribution is -0.122. The molecule has 1 aromatic rings. The molecule has 116 valence electrons. The van der Waals surface area contributed by atoms with Crippen molar-refractivity contribution in [3.05, 3.63) is 23.8 Å². The van der Waals surface area contributed by atoms with E-state index in [4.69, 9.17) is 9.47 Å². The molecule has 0 spiro atoms. The first-order valence-corrected chi connectivity index (χ1v) is 7.81. The topological polar surface area (TPSA) is 47.6 Å². The van der Waals surface area contributed by atoms with Crippen LogP contribution in [0.4, 0.5) is 0 Å². The summed E-state index contributed by atoms with van der Waals surface area (Å²) >= 11 is 0. The third-order valence-electron chi connectivity index (χ3n) is 3.77. The SMILES string of the molecule is CCOc1ccc(CCNC(=O)[C@@H]2C[C@@H]2C)cc1OCC. The van der Waals surface area contributed by atoms with Crippen LogP contribution in [-0.2, 0) is 11.2 Å². The summed E-state index contributed by atoms with van der Waals surface area (Å²) in [4.78, 5) is 11.8. The third-order valence-corrected chi connectivity index (χ3v) is 3.77. The molecule has 21 heavy (non-hydrogen) atoms. The van der Waals surface area contributed by atoms with Gasteiger partial charge in [-0.3, -0.25) is 4.79 Å². The molecule has 1 fully saturated rings. The minimum atomic E-state index is 0.193. The van der Waals surface area contributed by atoms with Crippen LogP contribution in [0.25, 0.3) is 0 Å². The van der Waals surface area contributed by atoms with Gasteiger partial charge in [0.25, 0.3) is 0 Å². The molecule has 4 heteroatoms. The highest BCUT2D eigenvalue weighted by molar-refractivity contribution is 5.81. The number of ether oxygens (including phenoxy) is 2. The standard InChI is InChI=1S/C17H25NO3/c1-4-20-15-7-6-13(11-16(15)21-5-2)8-9-18-17(19)14-10-12(14)3/h6-7,11-12,14H,4-5,8-10H2,1-3H3,(H,18,19)/t12-,14+/m0/s1. The van der Waals surface area contributed by atoms with Crippen molar-refractivity contribution < 1.29 is 14.3 Å². The van der Waals surface area contributed by atoms with Crippen LogP contribution in [0.3, 0.4) is 0 Å². The van der Waals surface area contributed by atoms with Crippen molar-refractivity contribution >= 4 is 5.91 Å². The second kappa shape index (κ2) is 7.34. The van der Waals surface area contributed by atoms with Crippen LogP contribution < -0.4 is 14.8 Å². The first-order chi connectivity index (χ1) is 10.2. The molecule has 0 bridgehead atoms. The lowest BCUT2D eigenvalue weighted by Gasteiger charge is -2.12. The normalized spacial score (nSPS) is 20.0. The number of hydrogen-bond acceptors (Lipinski definition) is 3. The first kappa shape index (κ1) is 15.7. The molecule has 1 saturated carbocycles. The summed E-state index contributed by atoms with van der Waals surface area (Å²) in [5.41, 5.74) is 1.14. The minimum absolute atomic E-state index is 0.193. The number of carbonyl (C=O) groups excluding carboxylic acids is 1. The van der Waals surface area contributed by atoms with E-state index in [1.165, 1.54) is 0 Å². The molecule has 1 aromatic carbocycles. The van der Waals surface area contributed by atoms with E-state index in [2.05, 4.69) is 12.2 Å². The van der Waals surface area contributed by atoms with Crippen LogP contribution >= 0.6 is 0 Å². The maximum absolute atomic E-state index is 11.8. The van der Waals surface area contributed by atoms with Crippen molar-refractivity contribution in [2.24, 2.45) is 11.8 Å². The van der Waals surface area contributed by atoms with E-state index in [-0.39, 0.29) is 11.8 Å². The van der Waals surface area contributed by atoms with Gasteiger partial charge in [-0.25, -0.2) is 0 Å². The summed E-state index contributed by atoms with van der Waals surface area (Å²) < 4.78 is 11.2. The van der Waals surface area contributed by atoms with Gasteiger partial charge in [-0.1, -0.05) is 13.0 Å². The highest BCUT2D eigenvalue weighted by atomic mass is 16.5. The predicted octanol–water partition coefficient (Wildman–Crippen LogP) is 2.80. The van der Waals surface area contributed by atoms with Gasteiger partial charge in [-0.05, 0) is 50.3 Å². The number of nitrogens with one attached hydrogen (secondary N) is 1. The Morgan fingerprint density at radius 1 is 1.24 bits per heavy atom. The summed E-state index contributed by atoms with van der Waals surface area (Å²) in [5.74, 6) is 2.54. The Bertz CT molecular complexity index is 487. The van der Waals surface area contributed by atoms with Gasteiger partial charge in [0.15, 0.2) is 11.5 Å². The van der Waals surface area contributed by atoms with E-state index in [0.717, 1.165) is 29.9 Å². The fourth-order valence-electron chi connectivity index (χ4n) is 2.40. The molecule has 0 aromatic heterocycles. The second-order valence-electron chi connectivity index (χ2n) is 5.51. The maximum atomic E-state index is 11.8. The van der Waals surface area contributed by atoms with Gasteiger partial charge in [0.1, 0.15) is 0 Å². The highest BCUT2D eigenvalue weighted by Crippen LogP contribution is 2.37. The fraction of sp³-hybridized carbons (Fsp3) is 0.588. The molecular weight excluding hydrogens is 266 g/mol. The van der Waals surface area contributed by atoms with Crippen molar-refractivity contribution in [2.45, 2.75) is 33.6 Å². The van der Waals surface area contributed by atoms with Crippen molar-refractivity contribution in [3.8, 4) is 11.5 Å². The maximum Gasteiger partial charge on any atom is 0.223 e. The molecule has 1 amide bonds. The second-order valence-corrected chi connectivity index (χ2v) is 5.51. The van der Waals surface area contributed by atoms with Gasteiger partial charge in [0.05, 0.1) is 13.2 Å². The van der Waals surface area contributed by atoms with Crippen LogP contribution in [0.5, 0.6) is 11.5 Å². The Balaban J connectivity index is 1.87. The zero-order chi connectivity index (χ0) is 15.2. The van der Waals surface area contributed by atoms with Crippen LogP contribution in [0, 0.1) is 11.8 Å². The first-order valence-electron chi connectivity index (χ1n) is 7.81. The summed E-state index contributed by atoms with van der Waals surface area (Å²) in [5, 5.41) is 3.00. The Morgan fingerprint density at radius 3 is 2.52 bits per heavy atom. The van der Waals surface area contributed by atoms with Crippen molar-refractivity contribution in [2.75, 3.05) is 19.8 Å². The van der Waals surface area contributed by atoms with E-state index in [0.29, 0.717) is 25.7 Å². The van der Waals surface area contributed by atoms with Crippen LogP contribution in [0.1, 0.15) is 32.8 Å². The minimum Gasteiger partial charge on any atom is -0.490 e. The summed E-state index contributed by atoms with van der Waals surface area (Å²) in [6.45, 7) is 7.93. The average molecular weight is 291 g/mol. The molecule has 1 N–H and O–H groups in total. The number of benzene rings is 1. The third kappa shape index (κ3) is 4.38. The average Bonchev–Trinajstić information content (AvgIpc) is 3.19. The molecule has 4 nitrogen and oxygen atoms in total. The van der Waals surface area contributed by atoms with Gasteiger partial charge in [-0.2, -0.15) is 0 Å². The number of amides is 1. The van der Waals surface area contributed by atoms with E-state index in [1.807, 2.05) is 32.0 Å². The van der Waals surface area contributed by atoms with Gasteiger partial charge < -0.3 is 14.8 Å². The van der Waals surface area contributed by atoms with Gasteiger partial charge in [0.2, 0.25) is 5.91 Å². The molecule has 0 heterocycles. The van der Waals surface area contributed by atoms with Crippen molar-refractivity contribution in [1.82, 2.24) is 5.32 Å². The number of hydrogen-bond donors (Lipinski definition) is 1. The predicted molar refractivity (Wildman–Crippen MR) is 82.8 cm³/mol. The van der Waals surface area contributed by atoms with Crippen LogP contribution in [0.15, 0.2) is 18.2 Å². The molecule has 2 rings (SSSR count). The molecular formula is C17H25NO3. The lowest BCUT2D eigenvalue weighted by Crippen LogP contribution is -2.27. The molecule has 1 aliphatic rings. The summed E-state index contributed by atoms with van der Waals surface area (Å²) in [7, 11) is 0. The van der Waals surface area contributed by atoms with Crippen molar-refractivity contribution in [3.63, 3.8) is 0 Å². The number of rotatable bonds is 8. The molecule has 0 radical (unpaired) electrons. The van der Waals surface area contributed by atoms with Gasteiger partial charge in [0, 0.05) is 12.5 Å². The molecule has 0 saturated heterocycles. The Morgan fingerprint density at radius 2 is 1.90 bits per heavy atom. The van der Waals surface area contributed by atoms with E-state index in [1.54, 1.807) is 0 Å². The van der Waals surface area contributed by atoms with E-state index >= 15 is 0 Å². The Kier molecular flexibility index (Phi) is 5.48. The zero-order valence-corrected chi connectivity index (χ0v) is 13.1. The van der Waals surface area contributed by atoms with Gasteiger partial charge in [-0.15, -0.1) is 0 Å². The summed E-state index contributed by atoms with van der Waals surface area (Å²) in [6, 6.07) is 5.97. The zero-order valence-electron chi connectivity index (χ0n) is 13.1. The quantitative estimate of drug-likeness (QED) is 0.801. The van der Waals surface area contributed by atoms with E-state index < -0.39 is 0 Å². The molecule has 0 unspecified atom stereocenters. The number of carbonyl (C=O) groups is 1. The largest absolute Gasteiger partial charge is 0.490 e. The molecule has 1 aliphatic carbocycles. The Labute approximate surface area is 126 Å². The monoisotopic (exact) mass is 291 g/mol. The smallest absolute Gasteiger partial charge is 0.223 e. The lowest BCUT2D eigenvalue weighted by atomic mass is 10.1. The van der Waals surface area contributed by atoms with Crippen LogP contribution in [-0.4, -0.2) is 25.7 Å². The van der Waals surface area contributed by atoms with Crippen LogP contribution in [0.2, 0.25) is 0 Å². The molecule has 2 atom stereocenters. The summed E-state index contributed by atoms with van der Waals surface area (Å²) in [6.07, 6.45) is 1.84. The fourth-order valence-corrected chi connectivity index (χ4v) is 2.40. The Hall–Kier alpha value is -1.71. The highest BCUT2D eigenvalue weighted by Gasteiger charge is 2.38. The molecule has 0 aliphatic heterocycles. The van der Waals surface area contributed by atoms with Gasteiger partial charge >= 0.3 is 0 Å².